The third kappa shape index (κ3) is 3.93. The van der Waals surface area contributed by atoms with Crippen LogP contribution in [-0.2, 0) is 13.1 Å². The molecule has 0 unspecified atom stereocenters. The molecule has 3 heteroatoms. The first-order valence-corrected chi connectivity index (χ1v) is 9.30. The lowest BCUT2D eigenvalue weighted by Gasteiger charge is -2.13. The number of aromatic nitrogens is 1. The average molecular weight is 358 g/mol. The fraction of sp³-hybridized carbons (Fsp3) is 0.167. The van der Waals surface area contributed by atoms with Crippen molar-refractivity contribution in [1.82, 2.24) is 9.88 Å². The lowest BCUT2D eigenvalue weighted by atomic mass is 10.1. The Labute approximate surface area is 159 Å². The van der Waals surface area contributed by atoms with E-state index in [4.69, 9.17) is 0 Å². The van der Waals surface area contributed by atoms with Gasteiger partial charge in [0.1, 0.15) is 5.82 Å². The van der Waals surface area contributed by atoms with Crippen LogP contribution in [0, 0.1) is 5.82 Å². The molecule has 1 N–H and O–H groups in total. The fourth-order valence-corrected chi connectivity index (χ4v) is 3.50. The predicted molar refractivity (Wildman–Crippen MR) is 109 cm³/mol. The van der Waals surface area contributed by atoms with Crippen molar-refractivity contribution in [2.45, 2.75) is 26.1 Å². The standard InChI is InChI=1S/C24H23FN2/c1-18(20-7-3-2-4-8-20)26-15-21-17-27(24-10-6-5-9-23(21)24)16-19-11-13-22(25)14-12-19/h2-14,17-18,26H,15-16H2,1H3/t18-/m1/s1. The largest absolute Gasteiger partial charge is 0.343 e. The van der Waals surface area contributed by atoms with Crippen molar-refractivity contribution in [2.75, 3.05) is 0 Å². The van der Waals surface area contributed by atoms with Gasteiger partial charge in [0.05, 0.1) is 0 Å². The Hall–Kier alpha value is -2.91. The number of halogens is 1. The lowest BCUT2D eigenvalue weighted by molar-refractivity contribution is 0.575. The average Bonchev–Trinajstić information content (AvgIpc) is 3.06. The zero-order valence-corrected chi connectivity index (χ0v) is 15.4. The third-order valence-electron chi connectivity index (χ3n) is 5.04. The first-order chi connectivity index (χ1) is 13.2. The quantitative estimate of drug-likeness (QED) is 0.469. The van der Waals surface area contributed by atoms with E-state index in [1.807, 2.05) is 18.2 Å². The van der Waals surface area contributed by atoms with Crippen LogP contribution in [-0.4, -0.2) is 4.57 Å². The molecule has 0 saturated carbocycles. The maximum absolute atomic E-state index is 13.2. The van der Waals surface area contributed by atoms with Crippen molar-refractivity contribution in [3.8, 4) is 0 Å². The normalized spacial score (nSPS) is 12.4. The van der Waals surface area contributed by atoms with E-state index in [1.54, 1.807) is 0 Å². The van der Waals surface area contributed by atoms with Crippen molar-refractivity contribution in [3.63, 3.8) is 0 Å². The summed E-state index contributed by atoms with van der Waals surface area (Å²) < 4.78 is 15.4. The first kappa shape index (κ1) is 17.5. The summed E-state index contributed by atoms with van der Waals surface area (Å²) in [5.41, 5.74) is 4.85. The molecule has 136 valence electrons. The SMILES string of the molecule is C[C@@H](NCc1cn(Cc2ccc(F)cc2)c2ccccc12)c1ccccc1. The summed E-state index contributed by atoms with van der Waals surface area (Å²) in [7, 11) is 0. The van der Waals surface area contributed by atoms with Crippen LogP contribution in [0.3, 0.4) is 0 Å². The van der Waals surface area contributed by atoms with Gasteiger partial charge in [-0.2, -0.15) is 0 Å². The fourth-order valence-electron chi connectivity index (χ4n) is 3.50. The van der Waals surface area contributed by atoms with E-state index in [-0.39, 0.29) is 11.9 Å². The number of nitrogens with zero attached hydrogens (tertiary/aromatic N) is 1. The summed E-state index contributed by atoms with van der Waals surface area (Å²) in [6.45, 7) is 3.72. The molecule has 4 rings (SSSR count). The van der Waals surface area contributed by atoms with Gasteiger partial charge in [0.2, 0.25) is 0 Å². The highest BCUT2D eigenvalue weighted by atomic mass is 19.1. The smallest absolute Gasteiger partial charge is 0.123 e. The van der Waals surface area contributed by atoms with E-state index in [9.17, 15) is 4.39 Å². The minimum atomic E-state index is -0.198. The molecule has 0 aliphatic rings. The first-order valence-electron chi connectivity index (χ1n) is 9.30. The zero-order chi connectivity index (χ0) is 18.6. The van der Waals surface area contributed by atoms with Crippen LogP contribution in [0.5, 0.6) is 0 Å². The second kappa shape index (κ2) is 7.77. The van der Waals surface area contributed by atoms with Gasteiger partial charge in [-0.3, -0.25) is 0 Å². The molecular formula is C24H23FN2. The van der Waals surface area contributed by atoms with Gasteiger partial charge in [-0.05, 0) is 41.8 Å². The van der Waals surface area contributed by atoms with Crippen LogP contribution in [0.25, 0.3) is 10.9 Å². The molecule has 0 aliphatic heterocycles. The van der Waals surface area contributed by atoms with Crippen molar-refractivity contribution < 1.29 is 4.39 Å². The Morgan fingerprint density at radius 2 is 1.59 bits per heavy atom. The highest BCUT2D eigenvalue weighted by Gasteiger charge is 2.10. The van der Waals surface area contributed by atoms with Crippen LogP contribution in [0.15, 0.2) is 85.1 Å². The number of para-hydroxylation sites is 1. The van der Waals surface area contributed by atoms with Crippen LogP contribution in [0.2, 0.25) is 0 Å². The molecule has 1 heterocycles. The number of hydrogen-bond donors (Lipinski definition) is 1. The van der Waals surface area contributed by atoms with Crippen LogP contribution in [0.4, 0.5) is 4.39 Å². The molecule has 0 saturated heterocycles. The molecule has 0 bridgehead atoms. The van der Waals surface area contributed by atoms with Gasteiger partial charge in [0, 0.05) is 36.2 Å². The number of hydrogen-bond acceptors (Lipinski definition) is 1. The molecule has 4 aromatic rings. The molecule has 2 nitrogen and oxygen atoms in total. The topological polar surface area (TPSA) is 17.0 Å². The van der Waals surface area contributed by atoms with Gasteiger partial charge >= 0.3 is 0 Å². The Kier molecular flexibility index (Phi) is 5.03. The van der Waals surface area contributed by atoms with E-state index in [0.717, 1.165) is 18.7 Å². The molecule has 3 aromatic carbocycles. The molecular weight excluding hydrogens is 335 g/mol. The van der Waals surface area contributed by atoms with Gasteiger partial charge in [-0.15, -0.1) is 0 Å². The molecule has 0 fully saturated rings. The maximum atomic E-state index is 13.2. The number of nitrogens with one attached hydrogen (secondary N) is 1. The summed E-state index contributed by atoms with van der Waals surface area (Å²) in [4.78, 5) is 0. The second-order valence-corrected chi connectivity index (χ2v) is 6.94. The molecule has 0 aliphatic carbocycles. The minimum absolute atomic E-state index is 0.198. The predicted octanol–water partition coefficient (Wildman–Crippen LogP) is 5.68. The Morgan fingerprint density at radius 1 is 0.889 bits per heavy atom. The minimum Gasteiger partial charge on any atom is -0.343 e. The van der Waals surface area contributed by atoms with E-state index < -0.39 is 0 Å². The summed E-state index contributed by atoms with van der Waals surface area (Å²) in [6, 6.07) is 25.9. The monoisotopic (exact) mass is 358 g/mol. The molecule has 0 amide bonds. The highest BCUT2D eigenvalue weighted by Crippen LogP contribution is 2.23. The van der Waals surface area contributed by atoms with E-state index in [0.29, 0.717) is 0 Å². The van der Waals surface area contributed by atoms with Crippen molar-refractivity contribution in [3.05, 3.63) is 108 Å². The second-order valence-electron chi connectivity index (χ2n) is 6.94. The van der Waals surface area contributed by atoms with Gasteiger partial charge in [0.15, 0.2) is 0 Å². The van der Waals surface area contributed by atoms with Gasteiger partial charge in [-0.1, -0.05) is 60.7 Å². The van der Waals surface area contributed by atoms with E-state index in [2.05, 4.69) is 71.5 Å². The van der Waals surface area contributed by atoms with Gasteiger partial charge < -0.3 is 9.88 Å². The summed E-state index contributed by atoms with van der Waals surface area (Å²) in [5.74, 6) is -0.198. The Balaban J connectivity index is 1.57. The maximum Gasteiger partial charge on any atom is 0.123 e. The molecule has 1 atom stereocenters. The molecule has 27 heavy (non-hydrogen) atoms. The number of fused-ring (bicyclic) bond motifs is 1. The number of rotatable bonds is 6. The van der Waals surface area contributed by atoms with Crippen molar-refractivity contribution in [2.24, 2.45) is 0 Å². The summed E-state index contributed by atoms with van der Waals surface area (Å²) in [6.07, 6.45) is 2.21. The molecule has 0 radical (unpaired) electrons. The Bertz CT molecular complexity index is 1020. The van der Waals surface area contributed by atoms with E-state index in [1.165, 1.54) is 34.2 Å². The third-order valence-corrected chi connectivity index (χ3v) is 5.04. The van der Waals surface area contributed by atoms with Gasteiger partial charge in [0.25, 0.3) is 0 Å². The van der Waals surface area contributed by atoms with Crippen LogP contribution in [0.1, 0.15) is 29.7 Å². The molecule has 1 aromatic heterocycles. The summed E-state index contributed by atoms with van der Waals surface area (Å²) >= 11 is 0. The lowest BCUT2D eigenvalue weighted by Crippen LogP contribution is -2.17. The van der Waals surface area contributed by atoms with E-state index >= 15 is 0 Å². The summed E-state index contributed by atoms with van der Waals surface area (Å²) in [5, 5.41) is 4.89. The zero-order valence-electron chi connectivity index (χ0n) is 15.4. The molecule has 0 spiro atoms. The van der Waals surface area contributed by atoms with Crippen molar-refractivity contribution in [1.29, 1.82) is 0 Å². The van der Waals surface area contributed by atoms with Gasteiger partial charge in [-0.25, -0.2) is 4.39 Å². The Morgan fingerprint density at radius 3 is 2.37 bits per heavy atom. The highest BCUT2D eigenvalue weighted by molar-refractivity contribution is 5.84. The van der Waals surface area contributed by atoms with Crippen LogP contribution >= 0.6 is 0 Å². The number of benzene rings is 3. The van der Waals surface area contributed by atoms with Crippen LogP contribution < -0.4 is 5.32 Å². The van der Waals surface area contributed by atoms with Crippen molar-refractivity contribution >= 4 is 10.9 Å².